The van der Waals surface area contributed by atoms with E-state index in [1.165, 1.54) is 31.4 Å². The highest BCUT2D eigenvalue weighted by Gasteiger charge is 2.38. The van der Waals surface area contributed by atoms with E-state index in [0.717, 1.165) is 46.9 Å². The van der Waals surface area contributed by atoms with E-state index in [2.05, 4.69) is 33.3 Å². The van der Waals surface area contributed by atoms with Crippen molar-refractivity contribution in [2.75, 3.05) is 22.1 Å². The molecule has 3 aromatic rings. The standard InChI is InChI=1S/C24H23F3N4O2/c1-14-10-16-12-18(5-9-21(16)30-22(14)31-13-15-2-6-19(31)11-15)29-23(32)28-17-3-7-20(8-4-17)33-24(25,26)27/h3-5,7-10,12,15,19H,2,6,11,13H2,1H3,(H2,28,29,32). The van der Waals surface area contributed by atoms with Crippen molar-refractivity contribution >= 4 is 34.1 Å². The van der Waals surface area contributed by atoms with Crippen molar-refractivity contribution in [2.45, 2.75) is 38.6 Å². The number of ether oxygens (including phenoxy) is 1. The minimum atomic E-state index is -4.76. The number of benzene rings is 2. The number of carbonyl (C=O) groups excluding carboxylic acids is 1. The predicted molar refractivity (Wildman–Crippen MR) is 121 cm³/mol. The fourth-order valence-electron chi connectivity index (χ4n) is 4.86. The monoisotopic (exact) mass is 456 g/mol. The number of aryl methyl sites for hydroxylation is 1. The number of nitrogens with one attached hydrogen (secondary N) is 2. The zero-order valence-corrected chi connectivity index (χ0v) is 17.9. The van der Waals surface area contributed by atoms with Crippen LogP contribution in [0, 0.1) is 12.8 Å². The second-order valence-electron chi connectivity index (χ2n) is 8.67. The molecule has 172 valence electrons. The van der Waals surface area contributed by atoms with Gasteiger partial charge in [-0.2, -0.15) is 0 Å². The quantitative estimate of drug-likeness (QED) is 0.500. The molecule has 1 aromatic heterocycles. The van der Waals surface area contributed by atoms with Crippen molar-refractivity contribution in [1.82, 2.24) is 4.98 Å². The average Bonchev–Trinajstić information content (AvgIpc) is 3.37. The Labute approximate surface area is 188 Å². The van der Waals surface area contributed by atoms with E-state index in [1.807, 2.05) is 12.1 Å². The van der Waals surface area contributed by atoms with Crippen LogP contribution in [0.25, 0.3) is 10.9 Å². The highest BCUT2D eigenvalue weighted by atomic mass is 19.4. The Morgan fingerprint density at radius 2 is 1.79 bits per heavy atom. The summed E-state index contributed by atoms with van der Waals surface area (Å²) in [5.41, 5.74) is 2.90. The maximum Gasteiger partial charge on any atom is 0.573 e. The summed E-state index contributed by atoms with van der Waals surface area (Å²) in [5, 5.41) is 6.26. The Hall–Kier alpha value is -3.49. The third-order valence-electron chi connectivity index (χ3n) is 6.26. The number of pyridine rings is 1. The molecule has 2 aromatic carbocycles. The third-order valence-corrected chi connectivity index (χ3v) is 6.26. The summed E-state index contributed by atoms with van der Waals surface area (Å²) in [5.74, 6) is 1.48. The molecular weight excluding hydrogens is 433 g/mol. The molecule has 0 spiro atoms. The number of carbonyl (C=O) groups is 1. The van der Waals surface area contributed by atoms with Crippen LogP contribution in [0.15, 0.2) is 48.5 Å². The maximum absolute atomic E-state index is 12.3. The number of urea groups is 1. The number of rotatable bonds is 4. The highest BCUT2D eigenvalue weighted by molar-refractivity contribution is 6.01. The number of amides is 2. The van der Waals surface area contributed by atoms with Gasteiger partial charge in [0.15, 0.2) is 0 Å². The molecule has 1 aliphatic carbocycles. The fraction of sp³-hybridized carbons (Fsp3) is 0.333. The lowest BCUT2D eigenvalue weighted by molar-refractivity contribution is -0.274. The van der Waals surface area contributed by atoms with Gasteiger partial charge in [0.1, 0.15) is 11.6 Å². The van der Waals surface area contributed by atoms with Gasteiger partial charge >= 0.3 is 12.4 Å². The zero-order valence-electron chi connectivity index (χ0n) is 17.9. The summed E-state index contributed by atoms with van der Waals surface area (Å²) in [6.07, 6.45) is -0.948. The van der Waals surface area contributed by atoms with Crippen molar-refractivity contribution in [3.63, 3.8) is 0 Å². The Balaban J connectivity index is 1.26. The van der Waals surface area contributed by atoms with Gasteiger partial charge in [0.2, 0.25) is 0 Å². The summed E-state index contributed by atoms with van der Waals surface area (Å²) >= 11 is 0. The number of halogens is 3. The van der Waals surface area contributed by atoms with E-state index in [4.69, 9.17) is 4.98 Å². The molecule has 1 saturated heterocycles. The van der Waals surface area contributed by atoms with Crippen LogP contribution in [-0.2, 0) is 0 Å². The zero-order chi connectivity index (χ0) is 23.2. The van der Waals surface area contributed by atoms with E-state index >= 15 is 0 Å². The Bertz CT molecular complexity index is 1200. The molecule has 9 heteroatoms. The second-order valence-corrected chi connectivity index (χ2v) is 8.67. The first-order chi connectivity index (χ1) is 15.7. The van der Waals surface area contributed by atoms with Gasteiger partial charge in [0, 0.05) is 29.3 Å². The van der Waals surface area contributed by atoms with Crippen LogP contribution >= 0.6 is 0 Å². The lowest BCUT2D eigenvalue weighted by Gasteiger charge is -2.29. The normalized spacial score (nSPS) is 19.7. The number of anilines is 3. The predicted octanol–water partition coefficient (Wildman–Crippen LogP) is 6.07. The van der Waals surface area contributed by atoms with Crippen LogP contribution in [0.1, 0.15) is 24.8 Å². The lowest BCUT2D eigenvalue weighted by atomic mass is 10.1. The van der Waals surface area contributed by atoms with Crippen LogP contribution in [0.5, 0.6) is 5.75 Å². The van der Waals surface area contributed by atoms with Gasteiger partial charge in [-0.05, 0) is 86.2 Å². The van der Waals surface area contributed by atoms with Gasteiger partial charge in [-0.3, -0.25) is 0 Å². The second kappa shape index (κ2) is 8.13. The minimum Gasteiger partial charge on any atom is -0.406 e. The summed E-state index contributed by atoms with van der Waals surface area (Å²) in [7, 11) is 0. The van der Waals surface area contributed by atoms with Gasteiger partial charge in [-0.15, -0.1) is 13.2 Å². The van der Waals surface area contributed by atoms with Gasteiger partial charge in [0.25, 0.3) is 0 Å². The van der Waals surface area contributed by atoms with Gasteiger partial charge in [-0.1, -0.05) is 0 Å². The van der Waals surface area contributed by atoms with Crippen molar-refractivity contribution in [3.8, 4) is 5.75 Å². The smallest absolute Gasteiger partial charge is 0.406 e. The molecule has 6 nitrogen and oxygen atoms in total. The Kier molecular flexibility index (Phi) is 5.26. The minimum absolute atomic E-state index is 0.338. The molecule has 0 radical (unpaired) electrons. The van der Waals surface area contributed by atoms with Crippen molar-refractivity contribution in [2.24, 2.45) is 5.92 Å². The number of fused-ring (bicyclic) bond motifs is 3. The molecule has 1 aliphatic heterocycles. The molecule has 2 amide bonds. The molecule has 2 unspecified atom stereocenters. The Morgan fingerprint density at radius 1 is 1.06 bits per heavy atom. The summed E-state index contributed by atoms with van der Waals surface area (Å²) in [4.78, 5) is 19.7. The van der Waals surface area contributed by atoms with Crippen molar-refractivity contribution < 1.29 is 22.7 Å². The molecule has 1 saturated carbocycles. The van der Waals surface area contributed by atoms with Gasteiger partial charge < -0.3 is 20.3 Å². The lowest BCUT2D eigenvalue weighted by Crippen LogP contribution is -2.33. The molecule has 33 heavy (non-hydrogen) atoms. The third kappa shape index (κ3) is 4.67. The van der Waals surface area contributed by atoms with E-state index in [-0.39, 0.29) is 5.75 Å². The topological polar surface area (TPSA) is 66.5 Å². The number of aromatic nitrogens is 1. The average molecular weight is 456 g/mol. The fourth-order valence-corrected chi connectivity index (χ4v) is 4.86. The van der Waals surface area contributed by atoms with Gasteiger partial charge in [0.05, 0.1) is 5.52 Å². The van der Waals surface area contributed by atoms with Crippen molar-refractivity contribution in [1.29, 1.82) is 0 Å². The van der Waals surface area contributed by atoms with E-state index in [1.54, 1.807) is 6.07 Å². The molecule has 2 atom stereocenters. The van der Waals surface area contributed by atoms with E-state index < -0.39 is 12.4 Å². The first kappa shape index (κ1) is 21.4. The number of hydrogen-bond acceptors (Lipinski definition) is 4. The van der Waals surface area contributed by atoms with E-state index in [0.29, 0.717) is 17.4 Å². The molecule has 2 fully saturated rings. The Morgan fingerprint density at radius 3 is 2.45 bits per heavy atom. The molecular formula is C24H23F3N4O2. The number of piperidine rings is 1. The highest BCUT2D eigenvalue weighted by Crippen LogP contribution is 2.41. The maximum atomic E-state index is 12.3. The summed E-state index contributed by atoms with van der Waals surface area (Å²) in [6.45, 7) is 3.14. The van der Waals surface area contributed by atoms with Gasteiger partial charge in [-0.25, -0.2) is 9.78 Å². The largest absolute Gasteiger partial charge is 0.573 e. The van der Waals surface area contributed by atoms with Crippen LogP contribution in [0.3, 0.4) is 0 Å². The van der Waals surface area contributed by atoms with Crippen LogP contribution in [0.2, 0.25) is 0 Å². The molecule has 2 aliphatic rings. The summed E-state index contributed by atoms with van der Waals surface area (Å²) < 4.78 is 40.6. The SMILES string of the molecule is Cc1cc2cc(NC(=O)Nc3ccc(OC(F)(F)F)cc3)ccc2nc1N1CC2CCC1C2. The van der Waals surface area contributed by atoms with Crippen LogP contribution < -0.4 is 20.3 Å². The number of hydrogen-bond donors (Lipinski definition) is 2. The van der Waals surface area contributed by atoms with E-state index in [9.17, 15) is 18.0 Å². The number of nitrogens with zero attached hydrogens (tertiary/aromatic N) is 2. The first-order valence-electron chi connectivity index (χ1n) is 10.9. The first-order valence-corrected chi connectivity index (χ1v) is 10.9. The molecule has 2 bridgehead atoms. The van der Waals surface area contributed by atoms with Crippen LogP contribution in [-0.4, -0.2) is 30.0 Å². The molecule has 2 N–H and O–H groups in total. The van der Waals surface area contributed by atoms with Crippen LogP contribution in [0.4, 0.5) is 35.2 Å². The summed E-state index contributed by atoms with van der Waals surface area (Å²) in [6, 6.07) is 12.6. The number of alkyl halides is 3. The molecule has 2 heterocycles. The molecule has 5 rings (SSSR count). The van der Waals surface area contributed by atoms with Crippen molar-refractivity contribution in [3.05, 3.63) is 54.1 Å².